The van der Waals surface area contributed by atoms with Gasteiger partial charge in [0.1, 0.15) is 0 Å². The van der Waals surface area contributed by atoms with E-state index < -0.39 is 0 Å². The van der Waals surface area contributed by atoms with Crippen LogP contribution in [0.3, 0.4) is 0 Å². The number of thioether (sulfide) groups is 1. The van der Waals surface area contributed by atoms with Crippen LogP contribution in [0, 0.1) is 6.92 Å². The van der Waals surface area contributed by atoms with Gasteiger partial charge in [-0.1, -0.05) is 67.8 Å². The fourth-order valence-corrected chi connectivity index (χ4v) is 5.03. The number of aromatic nitrogens is 1. The molecule has 2 heteroatoms. The summed E-state index contributed by atoms with van der Waals surface area (Å²) in [5.41, 5.74) is 3.58. The molecule has 1 heterocycles. The van der Waals surface area contributed by atoms with Gasteiger partial charge in [0.2, 0.25) is 0 Å². The normalized spacial score (nSPS) is 15.7. The third kappa shape index (κ3) is 4.02. The molecule has 0 atom stereocenters. The van der Waals surface area contributed by atoms with Crippen LogP contribution < -0.4 is 0 Å². The first-order valence-electron chi connectivity index (χ1n) is 9.59. The molecule has 1 aliphatic carbocycles. The van der Waals surface area contributed by atoms with Gasteiger partial charge in [-0.2, -0.15) is 0 Å². The van der Waals surface area contributed by atoms with E-state index in [1.165, 1.54) is 58.9 Å². The molecule has 1 aromatic heterocycles. The van der Waals surface area contributed by atoms with Crippen LogP contribution in [0.25, 0.3) is 22.9 Å². The van der Waals surface area contributed by atoms with E-state index in [0.717, 1.165) is 10.9 Å². The lowest BCUT2D eigenvalue weighted by Gasteiger charge is -2.21. The summed E-state index contributed by atoms with van der Waals surface area (Å²) in [6.07, 6.45) is 13.2. The molecule has 0 amide bonds. The van der Waals surface area contributed by atoms with Crippen molar-refractivity contribution in [3.8, 4) is 0 Å². The molecule has 4 rings (SSSR count). The summed E-state index contributed by atoms with van der Waals surface area (Å²) in [5.74, 6) is 0. The molecule has 0 unspecified atom stereocenters. The van der Waals surface area contributed by atoms with Crippen LogP contribution in [-0.2, 0) is 0 Å². The molecule has 132 valence electrons. The summed E-state index contributed by atoms with van der Waals surface area (Å²) in [4.78, 5) is 6.02. The van der Waals surface area contributed by atoms with Crippen molar-refractivity contribution >= 4 is 34.7 Å². The molecule has 1 aliphatic rings. The predicted molar refractivity (Wildman–Crippen MR) is 115 cm³/mol. The van der Waals surface area contributed by atoms with E-state index in [1.54, 1.807) is 0 Å². The van der Waals surface area contributed by atoms with Crippen molar-refractivity contribution < 1.29 is 0 Å². The third-order valence-electron chi connectivity index (χ3n) is 5.18. The standard InChI is InChI=1S/C24H25NS/c1-18-17-25-21(16-24(18)26-22-11-3-2-4-12-22)15-14-20-10-7-9-19-8-5-6-13-23(19)20/h5-10,13-17,22H,2-4,11-12H2,1H3. The predicted octanol–water partition coefficient (Wildman–Crippen LogP) is 7.14. The van der Waals surface area contributed by atoms with Crippen LogP contribution in [0.4, 0.5) is 0 Å². The van der Waals surface area contributed by atoms with Gasteiger partial charge in [-0.3, -0.25) is 4.98 Å². The molecule has 2 aromatic carbocycles. The lowest BCUT2D eigenvalue weighted by atomic mass is 10.0. The Kier molecular flexibility index (Phi) is 5.40. The number of hydrogen-bond donors (Lipinski definition) is 0. The fourth-order valence-electron chi connectivity index (χ4n) is 3.67. The zero-order valence-electron chi connectivity index (χ0n) is 15.3. The van der Waals surface area contributed by atoms with Crippen LogP contribution in [0.5, 0.6) is 0 Å². The number of nitrogens with zero attached hydrogens (tertiary/aromatic N) is 1. The number of benzene rings is 2. The van der Waals surface area contributed by atoms with Gasteiger partial charge in [0.25, 0.3) is 0 Å². The van der Waals surface area contributed by atoms with Crippen LogP contribution in [0.1, 0.15) is 48.9 Å². The lowest BCUT2D eigenvalue weighted by molar-refractivity contribution is 0.516. The molecule has 0 spiro atoms. The Bertz CT molecular complexity index is 917. The zero-order chi connectivity index (χ0) is 17.8. The molecule has 26 heavy (non-hydrogen) atoms. The molecule has 0 radical (unpaired) electrons. The van der Waals surface area contributed by atoms with E-state index in [9.17, 15) is 0 Å². The quantitative estimate of drug-likeness (QED) is 0.491. The molecule has 0 aliphatic heterocycles. The summed E-state index contributed by atoms with van der Waals surface area (Å²) in [6, 6.07) is 17.2. The Labute approximate surface area is 160 Å². The maximum absolute atomic E-state index is 4.63. The van der Waals surface area contributed by atoms with Crippen LogP contribution in [-0.4, -0.2) is 10.2 Å². The van der Waals surface area contributed by atoms with Gasteiger partial charge in [0.05, 0.1) is 5.69 Å². The van der Waals surface area contributed by atoms with Gasteiger partial charge < -0.3 is 0 Å². The van der Waals surface area contributed by atoms with Crippen molar-refractivity contribution in [3.63, 3.8) is 0 Å². The Hall–Kier alpha value is -2.06. The molecular weight excluding hydrogens is 334 g/mol. The van der Waals surface area contributed by atoms with Crippen molar-refractivity contribution in [2.45, 2.75) is 49.2 Å². The second-order valence-corrected chi connectivity index (χ2v) is 8.50. The Morgan fingerprint density at radius 2 is 1.77 bits per heavy atom. The Morgan fingerprint density at radius 1 is 0.962 bits per heavy atom. The van der Waals surface area contributed by atoms with E-state index >= 15 is 0 Å². The van der Waals surface area contributed by atoms with Gasteiger partial charge in [-0.05, 0) is 53.8 Å². The molecule has 0 N–H and O–H groups in total. The second-order valence-electron chi connectivity index (χ2n) is 7.15. The first-order chi connectivity index (χ1) is 12.8. The van der Waals surface area contributed by atoms with E-state index in [1.807, 2.05) is 6.20 Å². The fraction of sp³-hybridized carbons (Fsp3) is 0.292. The minimum Gasteiger partial charge on any atom is -0.257 e. The van der Waals surface area contributed by atoms with Crippen LogP contribution >= 0.6 is 11.8 Å². The highest BCUT2D eigenvalue weighted by atomic mass is 32.2. The molecule has 0 bridgehead atoms. The topological polar surface area (TPSA) is 12.9 Å². The average Bonchev–Trinajstić information content (AvgIpc) is 2.69. The molecular formula is C24H25NS. The number of aryl methyl sites for hydroxylation is 1. The maximum Gasteiger partial charge on any atom is 0.0641 e. The van der Waals surface area contributed by atoms with Gasteiger partial charge >= 0.3 is 0 Å². The summed E-state index contributed by atoms with van der Waals surface area (Å²) >= 11 is 2.06. The molecule has 3 aromatic rings. The van der Waals surface area contributed by atoms with Crippen molar-refractivity contribution in [2.24, 2.45) is 0 Å². The van der Waals surface area contributed by atoms with Crippen molar-refractivity contribution in [2.75, 3.05) is 0 Å². The minimum absolute atomic E-state index is 0.778. The van der Waals surface area contributed by atoms with Gasteiger partial charge in [-0.15, -0.1) is 11.8 Å². The van der Waals surface area contributed by atoms with Gasteiger partial charge in [0, 0.05) is 16.3 Å². The molecule has 1 saturated carbocycles. The maximum atomic E-state index is 4.63. The highest BCUT2D eigenvalue weighted by Gasteiger charge is 2.15. The van der Waals surface area contributed by atoms with Crippen molar-refractivity contribution in [1.82, 2.24) is 4.98 Å². The van der Waals surface area contributed by atoms with E-state index in [2.05, 4.69) is 84.4 Å². The number of hydrogen-bond acceptors (Lipinski definition) is 2. The summed E-state index contributed by atoms with van der Waals surface area (Å²) in [5, 5.41) is 3.34. The molecule has 0 saturated heterocycles. The zero-order valence-corrected chi connectivity index (χ0v) is 16.1. The van der Waals surface area contributed by atoms with E-state index in [-0.39, 0.29) is 0 Å². The number of rotatable bonds is 4. The monoisotopic (exact) mass is 359 g/mol. The van der Waals surface area contributed by atoms with Crippen LogP contribution in [0.15, 0.2) is 59.6 Å². The average molecular weight is 360 g/mol. The first-order valence-corrected chi connectivity index (χ1v) is 10.5. The number of fused-ring (bicyclic) bond motifs is 1. The SMILES string of the molecule is Cc1cnc(C=Cc2cccc3ccccc23)cc1SC1CCCCC1. The van der Waals surface area contributed by atoms with Crippen molar-refractivity contribution in [1.29, 1.82) is 0 Å². The number of pyridine rings is 1. The third-order valence-corrected chi connectivity index (χ3v) is 6.68. The smallest absolute Gasteiger partial charge is 0.0641 e. The van der Waals surface area contributed by atoms with E-state index in [4.69, 9.17) is 0 Å². The van der Waals surface area contributed by atoms with Crippen molar-refractivity contribution in [3.05, 3.63) is 71.5 Å². The van der Waals surface area contributed by atoms with E-state index in [0.29, 0.717) is 0 Å². The Morgan fingerprint density at radius 3 is 2.65 bits per heavy atom. The summed E-state index contributed by atoms with van der Waals surface area (Å²) in [6.45, 7) is 2.18. The highest BCUT2D eigenvalue weighted by molar-refractivity contribution is 8.00. The largest absolute Gasteiger partial charge is 0.257 e. The summed E-state index contributed by atoms with van der Waals surface area (Å²) in [7, 11) is 0. The minimum atomic E-state index is 0.778. The summed E-state index contributed by atoms with van der Waals surface area (Å²) < 4.78 is 0. The van der Waals surface area contributed by atoms with Gasteiger partial charge in [-0.25, -0.2) is 0 Å². The van der Waals surface area contributed by atoms with Gasteiger partial charge in [0.15, 0.2) is 0 Å². The van der Waals surface area contributed by atoms with Crippen LogP contribution in [0.2, 0.25) is 0 Å². The first kappa shape index (κ1) is 17.4. The lowest BCUT2D eigenvalue weighted by Crippen LogP contribution is -2.08. The molecule has 1 fully saturated rings. The highest BCUT2D eigenvalue weighted by Crippen LogP contribution is 2.35. The second kappa shape index (κ2) is 8.09. The molecule has 1 nitrogen and oxygen atoms in total. The Balaban J connectivity index is 1.57.